The van der Waals surface area contributed by atoms with Crippen LogP contribution >= 0.6 is 0 Å². The number of amides is 1. The molecule has 1 heterocycles. The molecule has 0 unspecified atom stereocenters. The van der Waals surface area contributed by atoms with Crippen LogP contribution in [0.5, 0.6) is 0 Å². The summed E-state index contributed by atoms with van der Waals surface area (Å²) in [6.07, 6.45) is 1.46. The molecule has 0 saturated heterocycles. The Kier molecular flexibility index (Phi) is 6.13. The molecule has 1 amide bonds. The average Bonchev–Trinajstić information content (AvgIpc) is 2.72. The third-order valence-electron chi connectivity index (χ3n) is 3.86. The molecule has 29 heavy (non-hydrogen) atoms. The minimum absolute atomic E-state index is 0.109. The predicted octanol–water partition coefficient (Wildman–Crippen LogP) is 4.53. The van der Waals surface area contributed by atoms with Crippen LogP contribution in [-0.4, -0.2) is 23.5 Å². The van der Waals surface area contributed by atoms with Gasteiger partial charge in [0, 0.05) is 17.4 Å². The van der Waals surface area contributed by atoms with Crippen molar-refractivity contribution in [1.82, 2.24) is 4.98 Å². The fraction of sp³-hybridized carbons (Fsp3) is 0.0952. The first-order valence-electron chi connectivity index (χ1n) is 8.73. The summed E-state index contributed by atoms with van der Waals surface area (Å²) in [5.74, 6) is -2.99. The van der Waals surface area contributed by atoms with Gasteiger partial charge in [-0.25, -0.2) is 18.6 Å². The van der Waals surface area contributed by atoms with E-state index in [0.29, 0.717) is 17.9 Å². The minimum atomic E-state index is -1.05. The van der Waals surface area contributed by atoms with Crippen LogP contribution < -0.4 is 10.6 Å². The van der Waals surface area contributed by atoms with Crippen LogP contribution in [0.3, 0.4) is 0 Å². The van der Waals surface area contributed by atoms with Crippen molar-refractivity contribution >= 4 is 28.9 Å². The van der Waals surface area contributed by atoms with Gasteiger partial charge >= 0.3 is 5.97 Å². The molecule has 0 aliphatic heterocycles. The van der Waals surface area contributed by atoms with Crippen LogP contribution in [0.15, 0.2) is 60.8 Å². The highest BCUT2D eigenvalue weighted by Gasteiger charge is 2.10. The second-order valence-electron chi connectivity index (χ2n) is 5.94. The lowest BCUT2D eigenvalue weighted by molar-refractivity contribution is 0.0526. The minimum Gasteiger partial charge on any atom is -0.462 e. The Bertz CT molecular complexity index is 1020. The standard InChI is InChI=1S/C21H17F2N3O3/c1-2-29-21(28)13-3-5-14(6-4-13)25-16-8-10-19(24-12-16)20(27)26-15-7-9-17(22)18(23)11-15/h3-12,25H,2H2,1H3,(H,26,27). The van der Waals surface area contributed by atoms with Gasteiger partial charge in [-0.3, -0.25) is 4.79 Å². The Morgan fingerprint density at radius 1 is 0.931 bits per heavy atom. The second kappa shape index (κ2) is 8.92. The van der Waals surface area contributed by atoms with Crippen molar-refractivity contribution in [3.63, 3.8) is 0 Å². The molecule has 0 radical (unpaired) electrons. The number of esters is 1. The van der Waals surface area contributed by atoms with Crippen molar-refractivity contribution < 1.29 is 23.1 Å². The monoisotopic (exact) mass is 397 g/mol. The molecule has 0 bridgehead atoms. The summed E-state index contributed by atoms with van der Waals surface area (Å²) in [4.78, 5) is 27.9. The first kappa shape index (κ1) is 19.9. The van der Waals surface area contributed by atoms with Gasteiger partial charge in [-0.2, -0.15) is 0 Å². The zero-order valence-electron chi connectivity index (χ0n) is 15.4. The van der Waals surface area contributed by atoms with Gasteiger partial charge < -0.3 is 15.4 Å². The van der Waals surface area contributed by atoms with Gasteiger partial charge in [0.05, 0.1) is 24.1 Å². The zero-order chi connectivity index (χ0) is 20.8. The maximum absolute atomic E-state index is 13.2. The lowest BCUT2D eigenvalue weighted by atomic mass is 10.2. The van der Waals surface area contributed by atoms with Crippen LogP contribution in [0.1, 0.15) is 27.8 Å². The number of ether oxygens (including phenoxy) is 1. The molecule has 148 valence electrons. The number of pyridine rings is 1. The molecular formula is C21H17F2N3O3. The third-order valence-corrected chi connectivity index (χ3v) is 3.86. The Balaban J connectivity index is 1.63. The van der Waals surface area contributed by atoms with Crippen molar-refractivity contribution in [2.75, 3.05) is 17.2 Å². The van der Waals surface area contributed by atoms with Crippen LogP contribution in [-0.2, 0) is 4.74 Å². The zero-order valence-corrected chi connectivity index (χ0v) is 15.4. The van der Waals surface area contributed by atoms with Crippen molar-refractivity contribution in [2.45, 2.75) is 6.92 Å². The number of nitrogens with zero attached hydrogens (tertiary/aromatic N) is 1. The Hall–Kier alpha value is -3.81. The number of anilines is 3. The van der Waals surface area contributed by atoms with Gasteiger partial charge in [0.1, 0.15) is 5.69 Å². The number of carbonyl (C=O) groups is 2. The Morgan fingerprint density at radius 2 is 1.62 bits per heavy atom. The highest BCUT2D eigenvalue weighted by molar-refractivity contribution is 6.03. The summed E-state index contributed by atoms with van der Waals surface area (Å²) >= 11 is 0. The number of aromatic nitrogens is 1. The maximum atomic E-state index is 13.2. The van der Waals surface area contributed by atoms with Gasteiger partial charge in [-0.15, -0.1) is 0 Å². The smallest absolute Gasteiger partial charge is 0.338 e. The van der Waals surface area contributed by atoms with Crippen molar-refractivity contribution in [1.29, 1.82) is 0 Å². The van der Waals surface area contributed by atoms with E-state index in [1.165, 1.54) is 18.3 Å². The predicted molar refractivity (Wildman–Crippen MR) is 104 cm³/mol. The molecule has 0 spiro atoms. The number of hydrogen-bond donors (Lipinski definition) is 2. The third kappa shape index (κ3) is 5.13. The van der Waals surface area contributed by atoms with Crippen LogP contribution in [0.25, 0.3) is 0 Å². The number of rotatable bonds is 6. The molecule has 8 heteroatoms. The molecule has 1 aromatic heterocycles. The molecule has 6 nitrogen and oxygen atoms in total. The topological polar surface area (TPSA) is 80.3 Å². The van der Waals surface area contributed by atoms with E-state index in [1.807, 2.05) is 0 Å². The fourth-order valence-electron chi connectivity index (χ4n) is 2.44. The van der Waals surface area contributed by atoms with E-state index in [-0.39, 0.29) is 11.4 Å². The van der Waals surface area contributed by atoms with E-state index in [9.17, 15) is 18.4 Å². The molecule has 0 aliphatic rings. The van der Waals surface area contributed by atoms with Gasteiger partial charge in [-0.1, -0.05) is 0 Å². The summed E-state index contributed by atoms with van der Waals surface area (Å²) in [5, 5.41) is 5.54. The maximum Gasteiger partial charge on any atom is 0.338 e. The summed E-state index contributed by atoms with van der Waals surface area (Å²) in [5.41, 5.74) is 2.02. The van der Waals surface area contributed by atoms with Crippen LogP contribution in [0, 0.1) is 11.6 Å². The van der Waals surface area contributed by atoms with E-state index in [1.54, 1.807) is 37.3 Å². The summed E-state index contributed by atoms with van der Waals surface area (Å²) in [7, 11) is 0. The number of carbonyl (C=O) groups excluding carboxylic acids is 2. The first-order valence-corrected chi connectivity index (χ1v) is 8.73. The second-order valence-corrected chi connectivity index (χ2v) is 5.94. The lowest BCUT2D eigenvalue weighted by Crippen LogP contribution is -2.13. The molecule has 3 aromatic rings. The highest BCUT2D eigenvalue weighted by atomic mass is 19.2. The van der Waals surface area contributed by atoms with E-state index < -0.39 is 23.5 Å². The first-order chi connectivity index (χ1) is 14.0. The fourth-order valence-corrected chi connectivity index (χ4v) is 2.44. The molecule has 0 saturated carbocycles. The average molecular weight is 397 g/mol. The number of halogens is 2. The number of nitrogens with one attached hydrogen (secondary N) is 2. The molecule has 2 N–H and O–H groups in total. The van der Waals surface area contributed by atoms with E-state index in [0.717, 1.165) is 17.8 Å². The number of hydrogen-bond acceptors (Lipinski definition) is 5. The van der Waals surface area contributed by atoms with Crippen molar-refractivity contribution in [3.05, 3.63) is 83.7 Å². The number of benzene rings is 2. The molecule has 3 rings (SSSR count). The molecule has 0 atom stereocenters. The summed E-state index contributed by atoms with van der Waals surface area (Å²) < 4.78 is 31.1. The van der Waals surface area contributed by atoms with Crippen molar-refractivity contribution in [3.8, 4) is 0 Å². The highest BCUT2D eigenvalue weighted by Crippen LogP contribution is 2.18. The quantitative estimate of drug-likeness (QED) is 0.598. The van der Waals surface area contributed by atoms with Crippen LogP contribution in [0.4, 0.5) is 25.8 Å². The molecule has 2 aromatic carbocycles. The largest absolute Gasteiger partial charge is 0.462 e. The van der Waals surface area contributed by atoms with Crippen LogP contribution in [0.2, 0.25) is 0 Å². The summed E-state index contributed by atoms with van der Waals surface area (Å²) in [6.45, 7) is 2.04. The normalized spacial score (nSPS) is 10.3. The van der Waals surface area contributed by atoms with Gasteiger partial charge in [0.25, 0.3) is 5.91 Å². The molecule has 0 aliphatic carbocycles. The van der Waals surface area contributed by atoms with Crippen molar-refractivity contribution in [2.24, 2.45) is 0 Å². The van der Waals surface area contributed by atoms with E-state index in [2.05, 4.69) is 15.6 Å². The molecular weight excluding hydrogens is 380 g/mol. The Morgan fingerprint density at radius 3 is 2.24 bits per heavy atom. The molecule has 0 fully saturated rings. The van der Waals surface area contributed by atoms with Gasteiger partial charge in [0.15, 0.2) is 11.6 Å². The van der Waals surface area contributed by atoms with Gasteiger partial charge in [0.2, 0.25) is 0 Å². The Labute approximate surface area is 165 Å². The SMILES string of the molecule is CCOC(=O)c1ccc(Nc2ccc(C(=O)Nc3ccc(F)c(F)c3)nc2)cc1. The van der Waals surface area contributed by atoms with E-state index >= 15 is 0 Å². The van der Waals surface area contributed by atoms with E-state index in [4.69, 9.17) is 4.74 Å². The lowest BCUT2D eigenvalue weighted by Gasteiger charge is -2.09. The van der Waals surface area contributed by atoms with Gasteiger partial charge in [-0.05, 0) is 55.5 Å². The summed E-state index contributed by atoms with van der Waals surface area (Å²) in [6, 6.07) is 12.9.